The van der Waals surface area contributed by atoms with Crippen molar-refractivity contribution in [3.63, 3.8) is 0 Å². The average Bonchev–Trinajstić information content (AvgIpc) is 2.30. The lowest BCUT2D eigenvalue weighted by atomic mass is 10.0. The second-order valence-electron chi connectivity index (χ2n) is 5.09. The predicted octanol–water partition coefficient (Wildman–Crippen LogP) is 3.13. The number of piperidine rings is 1. The molecule has 0 spiro atoms. The molecule has 1 aromatic carbocycles. The number of aryl methyl sites for hydroxylation is 2. The predicted molar refractivity (Wildman–Crippen MR) is 71.3 cm³/mol. The highest BCUT2D eigenvalue weighted by Gasteiger charge is 2.18. The van der Waals surface area contributed by atoms with Gasteiger partial charge < -0.3 is 10.1 Å². The molecule has 0 radical (unpaired) electrons. The molecule has 1 aromatic rings. The summed E-state index contributed by atoms with van der Waals surface area (Å²) in [5.74, 6) is 0. The molecule has 1 aliphatic heterocycles. The Bertz CT molecular complexity index is 369. The number of rotatable bonds is 3. The summed E-state index contributed by atoms with van der Waals surface area (Å²) < 4.78 is 6.16. The fourth-order valence-electron chi connectivity index (χ4n) is 2.58. The van der Waals surface area contributed by atoms with Crippen LogP contribution in [0.5, 0.6) is 0 Å². The molecule has 2 nitrogen and oxygen atoms in total. The second-order valence-corrected chi connectivity index (χ2v) is 5.09. The van der Waals surface area contributed by atoms with Crippen molar-refractivity contribution in [1.82, 2.24) is 5.32 Å². The molecule has 17 heavy (non-hydrogen) atoms. The molecule has 2 rings (SSSR count). The maximum absolute atomic E-state index is 6.16. The summed E-state index contributed by atoms with van der Waals surface area (Å²) in [6, 6.07) is 6.61. The zero-order valence-electron chi connectivity index (χ0n) is 11.1. The first kappa shape index (κ1) is 12.6. The van der Waals surface area contributed by atoms with Gasteiger partial charge in [0, 0.05) is 0 Å². The van der Waals surface area contributed by atoms with E-state index < -0.39 is 0 Å². The third kappa shape index (κ3) is 3.30. The normalized spacial score (nSPS) is 19.2. The first-order valence-electron chi connectivity index (χ1n) is 6.60. The van der Waals surface area contributed by atoms with Crippen molar-refractivity contribution in [2.24, 2.45) is 0 Å². The lowest BCUT2D eigenvalue weighted by Crippen LogP contribution is -2.33. The summed E-state index contributed by atoms with van der Waals surface area (Å²) in [6.07, 6.45) is 2.90. The topological polar surface area (TPSA) is 21.3 Å². The average molecular weight is 233 g/mol. The van der Waals surface area contributed by atoms with Crippen molar-refractivity contribution in [1.29, 1.82) is 0 Å². The maximum atomic E-state index is 6.16. The largest absolute Gasteiger partial charge is 0.370 e. The molecule has 1 fully saturated rings. The smallest absolute Gasteiger partial charge is 0.0803 e. The Hall–Kier alpha value is -0.860. The van der Waals surface area contributed by atoms with Gasteiger partial charge in [0.05, 0.1) is 12.2 Å². The van der Waals surface area contributed by atoms with Gasteiger partial charge in [-0.05, 0) is 57.8 Å². The quantitative estimate of drug-likeness (QED) is 0.866. The van der Waals surface area contributed by atoms with Crippen molar-refractivity contribution < 1.29 is 4.74 Å². The molecule has 1 aliphatic rings. The van der Waals surface area contributed by atoms with Crippen LogP contribution in [-0.2, 0) is 4.74 Å². The fourth-order valence-corrected chi connectivity index (χ4v) is 2.58. The molecule has 1 atom stereocenters. The molecule has 0 aromatic heterocycles. The minimum Gasteiger partial charge on any atom is -0.370 e. The Morgan fingerprint density at radius 1 is 1.24 bits per heavy atom. The Morgan fingerprint density at radius 3 is 2.59 bits per heavy atom. The van der Waals surface area contributed by atoms with E-state index >= 15 is 0 Å². The van der Waals surface area contributed by atoms with E-state index in [0.717, 1.165) is 25.9 Å². The molecule has 0 amide bonds. The highest BCUT2D eigenvalue weighted by atomic mass is 16.5. The van der Waals surface area contributed by atoms with E-state index in [4.69, 9.17) is 4.74 Å². The van der Waals surface area contributed by atoms with Crippen LogP contribution in [0.15, 0.2) is 18.2 Å². The molecule has 1 heterocycles. The Balaban J connectivity index is 2.00. The van der Waals surface area contributed by atoms with Gasteiger partial charge in [0.25, 0.3) is 0 Å². The van der Waals surface area contributed by atoms with Crippen molar-refractivity contribution in [2.75, 3.05) is 13.1 Å². The fraction of sp³-hybridized carbons (Fsp3) is 0.600. The van der Waals surface area contributed by atoms with Crippen LogP contribution < -0.4 is 5.32 Å². The first-order valence-corrected chi connectivity index (χ1v) is 6.60. The third-order valence-electron chi connectivity index (χ3n) is 3.55. The minimum absolute atomic E-state index is 0.207. The summed E-state index contributed by atoms with van der Waals surface area (Å²) >= 11 is 0. The zero-order valence-corrected chi connectivity index (χ0v) is 11.1. The molecular formula is C15H23NO. The Kier molecular flexibility index (Phi) is 4.19. The van der Waals surface area contributed by atoms with Crippen LogP contribution in [0.3, 0.4) is 0 Å². The summed E-state index contributed by atoms with van der Waals surface area (Å²) in [4.78, 5) is 0. The van der Waals surface area contributed by atoms with Crippen LogP contribution in [0.1, 0.15) is 42.6 Å². The number of benzene rings is 1. The second kappa shape index (κ2) is 5.65. The first-order chi connectivity index (χ1) is 8.16. The number of hydrogen-bond donors (Lipinski definition) is 1. The standard InChI is InChI=1S/C15H23NO/c1-11-4-5-15(12(2)10-11)13(3)17-14-6-8-16-9-7-14/h4-5,10,13-14,16H,6-9H2,1-3H3. The number of ether oxygens (including phenoxy) is 1. The minimum atomic E-state index is 0.207. The molecule has 1 N–H and O–H groups in total. The van der Waals surface area contributed by atoms with E-state index in [9.17, 15) is 0 Å². The van der Waals surface area contributed by atoms with Gasteiger partial charge in [0.2, 0.25) is 0 Å². The lowest BCUT2D eigenvalue weighted by molar-refractivity contribution is -0.0189. The molecule has 94 valence electrons. The van der Waals surface area contributed by atoms with Crippen molar-refractivity contribution in [3.8, 4) is 0 Å². The van der Waals surface area contributed by atoms with Gasteiger partial charge in [-0.2, -0.15) is 0 Å². The number of nitrogens with one attached hydrogen (secondary N) is 1. The van der Waals surface area contributed by atoms with Gasteiger partial charge >= 0.3 is 0 Å². The van der Waals surface area contributed by atoms with Gasteiger partial charge in [0.1, 0.15) is 0 Å². The SMILES string of the molecule is Cc1ccc(C(C)OC2CCNCC2)c(C)c1. The van der Waals surface area contributed by atoms with E-state index in [1.165, 1.54) is 16.7 Å². The maximum Gasteiger partial charge on any atom is 0.0803 e. The molecule has 0 aliphatic carbocycles. The summed E-state index contributed by atoms with van der Waals surface area (Å²) in [7, 11) is 0. The van der Waals surface area contributed by atoms with E-state index in [0.29, 0.717) is 6.10 Å². The van der Waals surface area contributed by atoms with Gasteiger partial charge in [-0.25, -0.2) is 0 Å². The van der Waals surface area contributed by atoms with Crippen LogP contribution in [0, 0.1) is 13.8 Å². The molecule has 1 saturated heterocycles. The van der Waals surface area contributed by atoms with Crippen LogP contribution in [0.2, 0.25) is 0 Å². The monoisotopic (exact) mass is 233 g/mol. The third-order valence-corrected chi connectivity index (χ3v) is 3.55. The molecule has 2 heteroatoms. The highest BCUT2D eigenvalue weighted by molar-refractivity contribution is 5.31. The summed E-state index contributed by atoms with van der Waals surface area (Å²) in [5.41, 5.74) is 3.99. The van der Waals surface area contributed by atoms with Crippen LogP contribution in [0.25, 0.3) is 0 Å². The zero-order chi connectivity index (χ0) is 12.3. The van der Waals surface area contributed by atoms with Crippen LogP contribution in [0.4, 0.5) is 0 Å². The molecular weight excluding hydrogens is 210 g/mol. The number of hydrogen-bond acceptors (Lipinski definition) is 2. The van der Waals surface area contributed by atoms with E-state index in [-0.39, 0.29) is 6.10 Å². The lowest BCUT2D eigenvalue weighted by Gasteiger charge is -2.27. The van der Waals surface area contributed by atoms with Gasteiger partial charge in [0.15, 0.2) is 0 Å². The van der Waals surface area contributed by atoms with Gasteiger partial charge in [-0.15, -0.1) is 0 Å². The molecule has 0 saturated carbocycles. The van der Waals surface area contributed by atoms with E-state index in [1.54, 1.807) is 0 Å². The summed E-state index contributed by atoms with van der Waals surface area (Å²) in [5, 5.41) is 3.37. The van der Waals surface area contributed by atoms with E-state index in [1.807, 2.05) is 0 Å². The Morgan fingerprint density at radius 2 is 1.94 bits per heavy atom. The summed E-state index contributed by atoms with van der Waals surface area (Å²) in [6.45, 7) is 8.65. The molecule has 0 bridgehead atoms. The van der Waals surface area contributed by atoms with Crippen molar-refractivity contribution in [3.05, 3.63) is 34.9 Å². The van der Waals surface area contributed by atoms with Gasteiger partial charge in [-0.1, -0.05) is 23.8 Å². The van der Waals surface area contributed by atoms with Crippen molar-refractivity contribution in [2.45, 2.75) is 45.8 Å². The van der Waals surface area contributed by atoms with Crippen LogP contribution >= 0.6 is 0 Å². The van der Waals surface area contributed by atoms with E-state index in [2.05, 4.69) is 44.3 Å². The van der Waals surface area contributed by atoms with Crippen molar-refractivity contribution >= 4 is 0 Å². The molecule has 1 unspecified atom stereocenters. The van der Waals surface area contributed by atoms with Gasteiger partial charge in [-0.3, -0.25) is 0 Å². The van der Waals surface area contributed by atoms with Crippen LogP contribution in [-0.4, -0.2) is 19.2 Å². The highest BCUT2D eigenvalue weighted by Crippen LogP contribution is 2.25. The Labute approximate surface area is 104 Å².